The van der Waals surface area contributed by atoms with Crippen molar-refractivity contribution in [2.24, 2.45) is 0 Å². The molecule has 1 atom stereocenters. The summed E-state index contributed by atoms with van der Waals surface area (Å²) in [6.07, 6.45) is 2.42. The Morgan fingerprint density at radius 2 is 2.44 bits per heavy atom. The van der Waals surface area contributed by atoms with Gasteiger partial charge in [-0.1, -0.05) is 0 Å². The molecule has 0 bridgehead atoms. The lowest BCUT2D eigenvalue weighted by molar-refractivity contribution is 0.0279. The third-order valence-corrected chi connectivity index (χ3v) is 1.35. The second-order valence-electron chi connectivity index (χ2n) is 2.29. The second-order valence-corrected chi connectivity index (χ2v) is 2.29. The van der Waals surface area contributed by atoms with E-state index in [9.17, 15) is 0 Å². The van der Waals surface area contributed by atoms with Crippen molar-refractivity contribution in [3.63, 3.8) is 0 Å². The fourth-order valence-electron chi connectivity index (χ4n) is 0.874. The molecular formula is C7H12O2. The van der Waals surface area contributed by atoms with Gasteiger partial charge < -0.3 is 9.47 Å². The molecule has 0 aromatic heterocycles. The molecular weight excluding hydrogens is 116 g/mol. The standard InChI is InChI=1S/C7H12O2/c1-6-4-3-5-8-7(2)9-6/h6H,2-5H2,1H3. The number of ether oxygens (including phenoxy) is 2. The van der Waals surface area contributed by atoms with Crippen molar-refractivity contribution < 1.29 is 9.47 Å². The maximum atomic E-state index is 5.19. The highest BCUT2D eigenvalue weighted by Crippen LogP contribution is 2.12. The van der Waals surface area contributed by atoms with Gasteiger partial charge in [-0.3, -0.25) is 0 Å². The summed E-state index contributed by atoms with van der Waals surface area (Å²) in [7, 11) is 0. The van der Waals surface area contributed by atoms with Crippen molar-refractivity contribution in [3.8, 4) is 0 Å². The second kappa shape index (κ2) is 2.76. The van der Waals surface area contributed by atoms with Gasteiger partial charge in [-0.2, -0.15) is 0 Å². The molecule has 1 saturated heterocycles. The van der Waals surface area contributed by atoms with Gasteiger partial charge in [-0.25, -0.2) is 0 Å². The fraction of sp³-hybridized carbons (Fsp3) is 0.714. The first-order valence-electron chi connectivity index (χ1n) is 3.27. The van der Waals surface area contributed by atoms with E-state index in [-0.39, 0.29) is 6.10 Å². The minimum atomic E-state index is 0.278. The lowest BCUT2D eigenvalue weighted by Crippen LogP contribution is -2.03. The smallest absolute Gasteiger partial charge is 0.271 e. The molecule has 1 aliphatic rings. The molecule has 0 radical (unpaired) electrons. The van der Waals surface area contributed by atoms with Crippen LogP contribution in [0.2, 0.25) is 0 Å². The summed E-state index contributed by atoms with van der Waals surface area (Å²) >= 11 is 0. The van der Waals surface area contributed by atoms with Crippen LogP contribution in [0.1, 0.15) is 19.8 Å². The Kier molecular flexibility index (Phi) is 1.98. The van der Waals surface area contributed by atoms with Crippen molar-refractivity contribution >= 4 is 0 Å². The van der Waals surface area contributed by atoms with Crippen LogP contribution in [0.3, 0.4) is 0 Å². The van der Waals surface area contributed by atoms with Gasteiger partial charge in [-0.15, -0.1) is 0 Å². The molecule has 0 N–H and O–H groups in total. The Bertz CT molecular complexity index is 109. The normalized spacial score (nSPS) is 28.1. The molecule has 52 valence electrons. The largest absolute Gasteiger partial charge is 0.466 e. The lowest BCUT2D eigenvalue weighted by Gasteiger charge is -2.09. The van der Waals surface area contributed by atoms with Gasteiger partial charge in [0, 0.05) is 0 Å². The molecule has 0 aliphatic carbocycles. The zero-order valence-corrected chi connectivity index (χ0v) is 5.72. The number of hydrogen-bond donors (Lipinski definition) is 0. The molecule has 2 nitrogen and oxygen atoms in total. The first-order valence-corrected chi connectivity index (χ1v) is 3.27. The van der Waals surface area contributed by atoms with Crippen molar-refractivity contribution in [1.82, 2.24) is 0 Å². The van der Waals surface area contributed by atoms with E-state index in [0.29, 0.717) is 5.95 Å². The van der Waals surface area contributed by atoms with Crippen LogP contribution in [0.5, 0.6) is 0 Å². The highest BCUT2D eigenvalue weighted by molar-refractivity contribution is 4.73. The van der Waals surface area contributed by atoms with Gasteiger partial charge in [0.05, 0.1) is 12.7 Å². The quantitative estimate of drug-likeness (QED) is 0.494. The van der Waals surface area contributed by atoms with Gasteiger partial charge in [-0.05, 0) is 26.3 Å². The van der Waals surface area contributed by atoms with E-state index in [4.69, 9.17) is 9.47 Å². The lowest BCUT2D eigenvalue weighted by atomic mass is 10.2. The van der Waals surface area contributed by atoms with Crippen molar-refractivity contribution in [3.05, 3.63) is 12.5 Å². The van der Waals surface area contributed by atoms with Crippen LogP contribution in [0.4, 0.5) is 0 Å². The predicted molar refractivity (Wildman–Crippen MR) is 34.9 cm³/mol. The van der Waals surface area contributed by atoms with E-state index in [1.165, 1.54) is 0 Å². The van der Waals surface area contributed by atoms with E-state index < -0.39 is 0 Å². The monoisotopic (exact) mass is 128 g/mol. The Labute approximate surface area is 55.5 Å². The zero-order valence-electron chi connectivity index (χ0n) is 5.72. The van der Waals surface area contributed by atoms with Crippen LogP contribution in [0.25, 0.3) is 0 Å². The van der Waals surface area contributed by atoms with Crippen LogP contribution in [0, 0.1) is 0 Å². The minimum absolute atomic E-state index is 0.278. The van der Waals surface area contributed by atoms with Gasteiger partial charge in [0.15, 0.2) is 0 Å². The molecule has 1 fully saturated rings. The molecule has 0 spiro atoms. The molecule has 0 aromatic rings. The Hall–Kier alpha value is -0.660. The first-order chi connectivity index (χ1) is 4.29. The zero-order chi connectivity index (χ0) is 6.69. The summed E-state index contributed by atoms with van der Waals surface area (Å²) in [5, 5.41) is 0. The summed E-state index contributed by atoms with van der Waals surface area (Å²) in [6.45, 7) is 6.36. The van der Waals surface area contributed by atoms with E-state index in [1.54, 1.807) is 0 Å². The number of hydrogen-bond acceptors (Lipinski definition) is 2. The SMILES string of the molecule is C=C1OCCCC(C)O1. The van der Waals surface area contributed by atoms with Crippen LogP contribution in [0.15, 0.2) is 12.5 Å². The first kappa shape index (κ1) is 6.46. The Morgan fingerprint density at radius 3 is 3.22 bits per heavy atom. The molecule has 0 saturated carbocycles. The van der Waals surface area contributed by atoms with E-state index in [2.05, 4.69) is 6.58 Å². The molecule has 2 heteroatoms. The molecule has 1 unspecified atom stereocenters. The summed E-state index contributed by atoms with van der Waals surface area (Å²) in [5.74, 6) is 0.472. The minimum Gasteiger partial charge on any atom is -0.466 e. The third-order valence-electron chi connectivity index (χ3n) is 1.35. The maximum Gasteiger partial charge on any atom is 0.271 e. The summed E-state index contributed by atoms with van der Waals surface area (Å²) in [6, 6.07) is 0. The van der Waals surface area contributed by atoms with Crippen LogP contribution < -0.4 is 0 Å². The molecule has 9 heavy (non-hydrogen) atoms. The van der Waals surface area contributed by atoms with Gasteiger partial charge in [0.1, 0.15) is 0 Å². The molecule has 1 aliphatic heterocycles. The maximum absolute atomic E-state index is 5.19. The van der Waals surface area contributed by atoms with Crippen molar-refractivity contribution in [2.45, 2.75) is 25.9 Å². The van der Waals surface area contributed by atoms with Gasteiger partial charge in [0.25, 0.3) is 5.95 Å². The summed E-state index contributed by atoms with van der Waals surface area (Å²) < 4.78 is 10.3. The summed E-state index contributed by atoms with van der Waals surface area (Å²) in [4.78, 5) is 0. The topological polar surface area (TPSA) is 18.5 Å². The molecule has 0 aromatic carbocycles. The van der Waals surface area contributed by atoms with E-state index >= 15 is 0 Å². The highest BCUT2D eigenvalue weighted by Gasteiger charge is 2.09. The molecule has 1 rings (SSSR count). The predicted octanol–water partition coefficient (Wildman–Crippen LogP) is 1.67. The highest BCUT2D eigenvalue weighted by atomic mass is 16.7. The number of rotatable bonds is 0. The van der Waals surface area contributed by atoms with Crippen molar-refractivity contribution in [1.29, 1.82) is 0 Å². The molecule has 1 heterocycles. The third kappa shape index (κ3) is 1.96. The Balaban J connectivity index is 2.37. The fourth-order valence-corrected chi connectivity index (χ4v) is 0.874. The van der Waals surface area contributed by atoms with E-state index in [0.717, 1.165) is 19.4 Å². The summed E-state index contributed by atoms with van der Waals surface area (Å²) in [5.41, 5.74) is 0. The average molecular weight is 128 g/mol. The van der Waals surface area contributed by atoms with E-state index in [1.807, 2.05) is 6.92 Å². The average Bonchev–Trinajstić information content (AvgIpc) is 1.93. The van der Waals surface area contributed by atoms with Crippen LogP contribution in [-0.4, -0.2) is 12.7 Å². The van der Waals surface area contributed by atoms with Crippen molar-refractivity contribution in [2.75, 3.05) is 6.61 Å². The van der Waals surface area contributed by atoms with Gasteiger partial charge in [0.2, 0.25) is 0 Å². The van der Waals surface area contributed by atoms with Crippen LogP contribution >= 0.6 is 0 Å². The Morgan fingerprint density at radius 1 is 1.67 bits per heavy atom. The van der Waals surface area contributed by atoms with Crippen LogP contribution in [-0.2, 0) is 9.47 Å². The van der Waals surface area contributed by atoms with Gasteiger partial charge >= 0.3 is 0 Å². The molecule has 0 amide bonds.